The maximum absolute atomic E-state index is 12.6. The van der Waals surface area contributed by atoms with Crippen LogP contribution in [0.2, 0.25) is 0 Å². The van der Waals surface area contributed by atoms with Gasteiger partial charge in [-0.3, -0.25) is 4.79 Å². The predicted molar refractivity (Wildman–Crippen MR) is 93.4 cm³/mol. The van der Waals surface area contributed by atoms with Gasteiger partial charge in [0.15, 0.2) is 0 Å². The van der Waals surface area contributed by atoms with Crippen molar-refractivity contribution < 1.29 is 13.2 Å². The van der Waals surface area contributed by atoms with Crippen molar-refractivity contribution in [3.05, 3.63) is 45.6 Å². The number of likely N-dealkylation sites (N-methyl/N-ethyl adjacent to an activating group) is 1. The van der Waals surface area contributed by atoms with Crippen LogP contribution in [0.3, 0.4) is 0 Å². The Hall–Kier alpha value is -1.70. The number of carbonyl (C=O) groups is 1. The highest BCUT2D eigenvalue weighted by Gasteiger charge is 2.26. The van der Waals surface area contributed by atoms with Crippen LogP contribution in [-0.2, 0) is 14.8 Å². The number of thiophene rings is 1. The van der Waals surface area contributed by atoms with Gasteiger partial charge in [0.2, 0.25) is 15.9 Å². The summed E-state index contributed by atoms with van der Waals surface area (Å²) < 4.78 is 26.2. The second kappa shape index (κ2) is 6.82. The number of rotatable bonds is 5. The summed E-state index contributed by atoms with van der Waals surface area (Å²) in [6.45, 7) is 5.35. The van der Waals surface area contributed by atoms with E-state index >= 15 is 0 Å². The number of anilines is 1. The number of sulfonamides is 1. The smallest absolute Gasteiger partial charge is 0.244 e. The molecule has 1 aromatic heterocycles. The summed E-state index contributed by atoms with van der Waals surface area (Å²) in [5.74, 6) is -0.371. The summed E-state index contributed by atoms with van der Waals surface area (Å²) in [4.78, 5) is 14.0. The molecule has 1 heterocycles. The quantitative estimate of drug-likeness (QED) is 0.900. The van der Waals surface area contributed by atoms with Gasteiger partial charge in [0.25, 0.3) is 0 Å². The first-order valence-electron chi connectivity index (χ1n) is 7.10. The van der Waals surface area contributed by atoms with Gasteiger partial charge in [-0.2, -0.15) is 4.31 Å². The molecule has 0 atom stereocenters. The minimum Gasteiger partial charge on any atom is -0.325 e. The molecule has 0 saturated carbocycles. The molecule has 124 valence electrons. The highest BCUT2D eigenvalue weighted by molar-refractivity contribution is 7.89. The van der Waals surface area contributed by atoms with Crippen LogP contribution in [0.25, 0.3) is 0 Å². The van der Waals surface area contributed by atoms with E-state index in [1.54, 1.807) is 25.1 Å². The Bertz CT molecular complexity index is 808. The molecule has 0 unspecified atom stereocenters. The predicted octanol–water partition coefficient (Wildman–Crippen LogP) is 2.93. The van der Waals surface area contributed by atoms with E-state index < -0.39 is 10.0 Å². The van der Waals surface area contributed by atoms with E-state index in [0.29, 0.717) is 5.69 Å². The fourth-order valence-corrected chi connectivity index (χ4v) is 4.80. The van der Waals surface area contributed by atoms with E-state index in [1.807, 2.05) is 26.0 Å². The molecule has 0 bridgehead atoms. The van der Waals surface area contributed by atoms with Crippen molar-refractivity contribution in [1.82, 2.24) is 4.31 Å². The summed E-state index contributed by atoms with van der Waals surface area (Å²) in [6.07, 6.45) is 0. The Kier molecular flexibility index (Phi) is 5.23. The third kappa shape index (κ3) is 4.19. The van der Waals surface area contributed by atoms with Gasteiger partial charge in [0.05, 0.1) is 11.4 Å². The molecule has 0 aliphatic carbocycles. The lowest BCUT2D eigenvalue weighted by Gasteiger charge is -2.16. The molecule has 1 amide bonds. The van der Waals surface area contributed by atoms with Crippen LogP contribution in [0.5, 0.6) is 0 Å². The van der Waals surface area contributed by atoms with Crippen LogP contribution in [0, 0.1) is 20.8 Å². The Labute approximate surface area is 141 Å². The number of carbonyl (C=O) groups excluding carboxylic acids is 1. The second-order valence-corrected chi connectivity index (χ2v) is 8.93. The van der Waals surface area contributed by atoms with Crippen molar-refractivity contribution in [2.75, 3.05) is 18.9 Å². The molecule has 7 heteroatoms. The van der Waals surface area contributed by atoms with E-state index in [1.165, 1.54) is 18.4 Å². The SMILES string of the molecule is Cc1ccc(NC(=O)CN(C)S(=O)(=O)c2cc(C)sc2C)cc1. The Morgan fingerprint density at radius 2 is 1.78 bits per heavy atom. The van der Waals surface area contributed by atoms with Crippen LogP contribution in [0.4, 0.5) is 5.69 Å². The first kappa shape index (κ1) is 17.7. The first-order chi connectivity index (χ1) is 10.7. The zero-order chi connectivity index (χ0) is 17.2. The van der Waals surface area contributed by atoms with Crippen molar-refractivity contribution in [3.63, 3.8) is 0 Å². The van der Waals surface area contributed by atoms with Crippen molar-refractivity contribution in [2.24, 2.45) is 0 Å². The largest absolute Gasteiger partial charge is 0.325 e. The fraction of sp³-hybridized carbons (Fsp3) is 0.312. The van der Waals surface area contributed by atoms with E-state index in [4.69, 9.17) is 0 Å². The zero-order valence-corrected chi connectivity index (χ0v) is 15.2. The molecular formula is C16H20N2O3S2. The lowest BCUT2D eigenvalue weighted by Crippen LogP contribution is -2.35. The normalized spacial score (nSPS) is 11.7. The van der Waals surface area contributed by atoms with E-state index in [0.717, 1.165) is 19.6 Å². The number of nitrogens with one attached hydrogen (secondary N) is 1. The Morgan fingerprint density at radius 3 is 2.30 bits per heavy atom. The summed E-state index contributed by atoms with van der Waals surface area (Å²) in [6, 6.07) is 8.98. The van der Waals surface area contributed by atoms with Gasteiger partial charge in [-0.25, -0.2) is 8.42 Å². The van der Waals surface area contributed by atoms with Gasteiger partial charge >= 0.3 is 0 Å². The summed E-state index contributed by atoms with van der Waals surface area (Å²) in [5.41, 5.74) is 1.74. The van der Waals surface area contributed by atoms with Gasteiger partial charge in [-0.05, 0) is 39.0 Å². The average Bonchev–Trinajstić information content (AvgIpc) is 2.80. The standard InChI is InChI=1S/C16H20N2O3S2/c1-11-5-7-14(8-6-11)17-16(19)10-18(4)23(20,21)15-9-12(2)22-13(15)3/h5-9H,10H2,1-4H3,(H,17,19). The van der Waals surface area contributed by atoms with E-state index in [-0.39, 0.29) is 17.3 Å². The molecule has 0 saturated heterocycles. The van der Waals surface area contributed by atoms with Crippen molar-refractivity contribution in [1.29, 1.82) is 0 Å². The van der Waals surface area contributed by atoms with E-state index in [2.05, 4.69) is 5.32 Å². The molecule has 1 aromatic carbocycles. The number of hydrogen-bond donors (Lipinski definition) is 1. The first-order valence-corrected chi connectivity index (χ1v) is 9.35. The molecule has 5 nitrogen and oxygen atoms in total. The van der Waals surface area contributed by atoms with Crippen molar-refractivity contribution in [2.45, 2.75) is 25.7 Å². The molecule has 0 spiro atoms. The number of hydrogen-bond acceptors (Lipinski definition) is 4. The third-order valence-corrected chi connectivity index (χ3v) is 6.41. The van der Waals surface area contributed by atoms with Crippen LogP contribution in [-0.4, -0.2) is 32.2 Å². The highest BCUT2D eigenvalue weighted by atomic mass is 32.2. The number of aryl methyl sites for hydroxylation is 3. The molecule has 0 aliphatic rings. The maximum atomic E-state index is 12.6. The Balaban J connectivity index is 2.08. The molecular weight excluding hydrogens is 332 g/mol. The van der Waals surface area contributed by atoms with Crippen LogP contribution in [0.15, 0.2) is 35.2 Å². The molecule has 2 rings (SSSR count). The van der Waals surface area contributed by atoms with Crippen LogP contribution in [0.1, 0.15) is 15.3 Å². The number of nitrogens with zero attached hydrogens (tertiary/aromatic N) is 1. The van der Waals surface area contributed by atoms with Gasteiger partial charge in [-0.1, -0.05) is 17.7 Å². The van der Waals surface area contributed by atoms with Crippen molar-refractivity contribution in [3.8, 4) is 0 Å². The molecule has 1 N–H and O–H groups in total. The summed E-state index contributed by atoms with van der Waals surface area (Å²) in [7, 11) is -2.25. The fourth-order valence-electron chi connectivity index (χ4n) is 2.16. The molecule has 23 heavy (non-hydrogen) atoms. The third-order valence-electron chi connectivity index (χ3n) is 3.39. The lowest BCUT2D eigenvalue weighted by atomic mass is 10.2. The second-order valence-electron chi connectivity index (χ2n) is 5.45. The lowest BCUT2D eigenvalue weighted by molar-refractivity contribution is -0.116. The van der Waals surface area contributed by atoms with Gasteiger partial charge < -0.3 is 5.32 Å². The van der Waals surface area contributed by atoms with Crippen LogP contribution < -0.4 is 5.32 Å². The highest BCUT2D eigenvalue weighted by Crippen LogP contribution is 2.27. The zero-order valence-electron chi connectivity index (χ0n) is 13.6. The molecule has 0 aliphatic heterocycles. The number of benzene rings is 1. The summed E-state index contributed by atoms with van der Waals surface area (Å²) >= 11 is 1.43. The molecule has 0 radical (unpaired) electrons. The van der Waals surface area contributed by atoms with Gasteiger partial charge in [0, 0.05) is 22.5 Å². The minimum atomic E-state index is -3.66. The Morgan fingerprint density at radius 1 is 1.17 bits per heavy atom. The minimum absolute atomic E-state index is 0.232. The van der Waals surface area contributed by atoms with Crippen LogP contribution >= 0.6 is 11.3 Å². The van der Waals surface area contributed by atoms with Gasteiger partial charge in [-0.15, -0.1) is 11.3 Å². The van der Waals surface area contributed by atoms with Crippen molar-refractivity contribution >= 4 is 33.0 Å². The number of amides is 1. The average molecular weight is 352 g/mol. The topological polar surface area (TPSA) is 66.5 Å². The molecule has 0 fully saturated rings. The van der Waals surface area contributed by atoms with E-state index in [9.17, 15) is 13.2 Å². The molecule has 2 aromatic rings. The van der Waals surface area contributed by atoms with Gasteiger partial charge in [0.1, 0.15) is 0 Å². The monoisotopic (exact) mass is 352 g/mol. The maximum Gasteiger partial charge on any atom is 0.244 e. The summed E-state index contributed by atoms with van der Waals surface area (Å²) in [5, 5.41) is 2.70.